The topological polar surface area (TPSA) is 101 Å². The van der Waals surface area contributed by atoms with Crippen molar-refractivity contribution in [3.8, 4) is 34.5 Å². The number of ketones is 1. The number of hydrogen-bond donors (Lipinski definition) is 2. The number of rotatable bonds is 14. The van der Waals surface area contributed by atoms with E-state index in [0.717, 1.165) is 65.0 Å². The highest BCUT2D eigenvalue weighted by atomic mass is 16.5. The van der Waals surface area contributed by atoms with Crippen LogP contribution in [0.15, 0.2) is 24.3 Å². The zero-order valence-corrected chi connectivity index (χ0v) is 25.7. The van der Waals surface area contributed by atoms with Crippen molar-refractivity contribution >= 4 is 5.78 Å². The average molecular weight is 585 g/mol. The summed E-state index contributed by atoms with van der Waals surface area (Å²) in [6.45, 7) is 5.58. The Morgan fingerprint density at radius 2 is 0.929 bits per heavy atom. The lowest BCUT2D eigenvalue weighted by Gasteiger charge is -2.32. The summed E-state index contributed by atoms with van der Waals surface area (Å²) in [6.07, 6.45) is 8.23. The van der Waals surface area contributed by atoms with Crippen LogP contribution in [0.5, 0.6) is 34.5 Å². The number of carbonyl (C=O) groups excluding carboxylic acids is 1. The normalized spacial score (nSPS) is 17.8. The number of carbonyl (C=O) groups is 1. The van der Waals surface area contributed by atoms with Gasteiger partial charge in [-0.05, 0) is 77.8 Å². The van der Waals surface area contributed by atoms with E-state index in [4.69, 9.17) is 18.9 Å². The Bertz CT molecular complexity index is 1040. The Kier molecular flexibility index (Phi) is 11.6. The fourth-order valence-electron chi connectivity index (χ4n) is 6.63. The highest BCUT2D eigenvalue weighted by Gasteiger charge is 2.37. The Morgan fingerprint density at radius 3 is 1.21 bits per heavy atom. The molecule has 2 aliphatic heterocycles. The van der Waals surface area contributed by atoms with E-state index in [-0.39, 0.29) is 17.3 Å². The van der Waals surface area contributed by atoms with Crippen molar-refractivity contribution in [1.82, 2.24) is 9.80 Å². The maximum atomic E-state index is 15.0. The van der Waals surface area contributed by atoms with Crippen molar-refractivity contribution in [2.24, 2.45) is 0 Å². The first-order valence-corrected chi connectivity index (χ1v) is 15.3. The SMILES string of the molecule is COc1cc(O)cc(OC)c1C(CCN1CCCCC1)C(=O)C(CCN1CCCCC1)c1c(OC)cc(O)cc1OC. The highest BCUT2D eigenvalue weighted by Crippen LogP contribution is 2.47. The fraction of sp³-hybridized carbons (Fsp3) is 0.606. The van der Waals surface area contributed by atoms with Crippen molar-refractivity contribution in [3.63, 3.8) is 0 Å². The van der Waals surface area contributed by atoms with E-state index in [1.54, 1.807) is 52.7 Å². The molecule has 0 bridgehead atoms. The van der Waals surface area contributed by atoms with Crippen molar-refractivity contribution in [2.75, 3.05) is 67.7 Å². The largest absolute Gasteiger partial charge is 0.508 e. The van der Waals surface area contributed by atoms with Crippen LogP contribution in [0.2, 0.25) is 0 Å². The quantitative estimate of drug-likeness (QED) is 0.306. The van der Waals surface area contributed by atoms with Crippen LogP contribution in [0.3, 0.4) is 0 Å². The number of likely N-dealkylation sites (tertiary alicyclic amines) is 2. The first kappa shape index (κ1) is 31.8. The Labute approximate surface area is 250 Å². The Hall–Kier alpha value is -3.17. The summed E-state index contributed by atoms with van der Waals surface area (Å²) < 4.78 is 23.0. The number of phenols is 2. The van der Waals surface area contributed by atoms with Crippen molar-refractivity contribution < 1.29 is 34.0 Å². The Balaban J connectivity index is 1.80. The summed E-state index contributed by atoms with van der Waals surface area (Å²) in [6, 6.07) is 6.18. The third-order valence-corrected chi connectivity index (χ3v) is 8.81. The lowest BCUT2D eigenvalue weighted by atomic mass is 9.78. The zero-order valence-electron chi connectivity index (χ0n) is 25.7. The van der Waals surface area contributed by atoms with Gasteiger partial charge in [-0.15, -0.1) is 0 Å². The summed E-state index contributed by atoms with van der Waals surface area (Å²) >= 11 is 0. The molecule has 0 spiro atoms. The molecule has 232 valence electrons. The highest BCUT2D eigenvalue weighted by molar-refractivity contribution is 5.94. The maximum absolute atomic E-state index is 15.0. The number of phenolic OH excluding ortho intramolecular Hbond substituents is 2. The molecule has 2 heterocycles. The smallest absolute Gasteiger partial charge is 0.148 e. The Morgan fingerprint density at radius 1 is 0.619 bits per heavy atom. The molecule has 42 heavy (non-hydrogen) atoms. The summed E-state index contributed by atoms with van der Waals surface area (Å²) in [4.78, 5) is 19.9. The lowest BCUT2D eigenvalue weighted by Crippen LogP contribution is -2.35. The molecular formula is C33H48N2O7. The maximum Gasteiger partial charge on any atom is 0.148 e. The van der Waals surface area contributed by atoms with Gasteiger partial charge in [-0.1, -0.05) is 12.8 Å². The predicted molar refractivity (Wildman–Crippen MR) is 163 cm³/mol. The molecule has 0 amide bonds. The first-order valence-electron chi connectivity index (χ1n) is 15.3. The minimum absolute atomic E-state index is 0.00796. The van der Waals surface area contributed by atoms with E-state index < -0.39 is 11.8 Å². The van der Waals surface area contributed by atoms with Crippen molar-refractivity contribution in [2.45, 2.75) is 63.2 Å². The number of piperidine rings is 2. The molecule has 2 atom stereocenters. The van der Waals surface area contributed by atoms with Crippen LogP contribution in [0.1, 0.15) is 74.3 Å². The van der Waals surface area contributed by atoms with Gasteiger partial charge in [-0.2, -0.15) is 0 Å². The molecule has 2 aromatic carbocycles. The number of methoxy groups -OCH3 is 4. The number of Topliss-reactive ketones (excluding diaryl/α,β-unsaturated/α-hetero) is 1. The molecule has 2 saturated heterocycles. The van der Waals surface area contributed by atoms with E-state index in [0.29, 0.717) is 47.0 Å². The number of hydrogen-bond acceptors (Lipinski definition) is 9. The minimum atomic E-state index is -0.577. The van der Waals surface area contributed by atoms with Crippen LogP contribution >= 0.6 is 0 Å². The molecule has 0 aromatic heterocycles. The van der Waals surface area contributed by atoms with E-state index >= 15 is 4.79 Å². The third kappa shape index (κ3) is 7.61. The number of nitrogens with zero attached hydrogens (tertiary/aromatic N) is 2. The second-order valence-electron chi connectivity index (χ2n) is 11.4. The van der Waals surface area contributed by atoms with Gasteiger partial charge in [0.1, 0.15) is 40.3 Å². The first-order chi connectivity index (χ1) is 20.4. The van der Waals surface area contributed by atoms with Gasteiger partial charge in [-0.25, -0.2) is 0 Å². The molecule has 0 saturated carbocycles. The van der Waals surface area contributed by atoms with E-state index in [2.05, 4.69) is 9.80 Å². The van der Waals surface area contributed by atoms with Crippen LogP contribution in [0.4, 0.5) is 0 Å². The standard InChI is InChI=1S/C33H48N2O7/c1-39-27-19-23(36)20-28(40-2)31(27)25(11-17-34-13-7-5-8-14-34)33(38)26(12-18-35-15-9-6-10-16-35)32-29(41-3)21-24(37)22-30(32)42-4/h19-22,25-26,36-37H,5-18H2,1-4H3. The van der Waals surface area contributed by atoms with Gasteiger partial charge in [0.15, 0.2) is 0 Å². The van der Waals surface area contributed by atoms with Gasteiger partial charge in [0.05, 0.1) is 40.3 Å². The van der Waals surface area contributed by atoms with E-state index in [1.807, 2.05) is 0 Å². The van der Waals surface area contributed by atoms with Crippen LogP contribution in [-0.4, -0.2) is 93.5 Å². The molecule has 2 aliphatic rings. The van der Waals surface area contributed by atoms with Gasteiger partial charge in [0.25, 0.3) is 0 Å². The summed E-state index contributed by atoms with van der Waals surface area (Å²) in [5, 5.41) is 20.8. The molecule has 2 N–H and O–H groups in total. The molecule has 0 aliphatic carbocycles. The summed E-state index contributed by atoms with van der Waals surface area (Å²) in [5.74, 6) is 0.557. The van der Waals surface area contributed by atoms with Gasteiger partial charge < -0.3 is 39.0 Å². The summed E-state index contributed by atoms with van der Waals surface area (Å²) in [7, 11) is 6.18. The molecule has 2 aromatic rings. The molecule has 9 nitrogen and oxygen atoms in total. The molecular weight excluding hydrogens is 536 g/mol. The fourth-order valence-corrected chi connectivity index (χ4v) is 6.63. The van der Waals surface area contributed by atoms with Gasteiger partial charge in [0, 0.05) is 35.4 Å². The van der Waals surface area contributed by atoms with Gasteiger partial charge in [0.2, 0.25) is 0 Å². The molecule has 2 unspecified atom stereocenters. The van der Waals surface area contributed by atoms with E-state index in [1.165, 1.54) is 12.8 Å². The lowest BCUT2D eigenvalue weighted by molar-refractivity contribution is -0.122. The van der Waals surface area contributed by atoms with Crippen LogP contribution in [0.25, 0.3) is 0 Å². The monoisotopic (exact) mass is 584 g/mol. The number of aromatic hydroxyl groups is 2. The average Bonchev–Trinajstić information content (AvgIpc) is 3.02. The van der Waals surface area contributed by atoms with Crippen molar-refractivity contribution in [1.29, 1.82) is 0 Å². The van der Waals surface area contributed by atoms with E-state index in [9.17, 15) is 10.2 Å². The number of ether oxygens (including phenoxy) is 4. The summed E-state index contributed by atoms with van der Waals surface area (Å²) in [5.41, 5.74) is 1.28. The minimum Gasteiger partial charge on any atom is -0.508 e. The molecule has 0 radical (unpaired) electrons. The van der Waals surface area contributed by atoms with Gasteiger partial charge in [-0.3, -0.25) is 4.79 Å². The molecule has 2 fully saturated rings. The second-order valence-corrected chi connectivity index (χ2v) is 11.4. The van der Waals surface area contributed by atoms with Crippen LogP contribution in [-0.2, 0) is 4.79 Å². The van der Waals surface area contributed by atoms with Gasteiger partial charge >= 0.3 is 0 Å². The zero-order chi connectivity index (χ0) is 30.1. The predicted octanol–water partition coefficient (Wildman–Crippen LogP) is 5.32. The molecule has 4 rings (SSSR count). The second kappa shape index (κ2) is 15.3. The number of benzene rings is 2. The molecule has 9 heteroatoms. The van der Waals surface area contributed by atoms with Crippen molar-refractivity contribution in [3.05, 3.63) is 35.4 Å². The third-order valence-electron chi connectivity index (χ3n) is 8.81. The van der Waals surface area contributed by atoms with Crippen LogP contribution < -0.4 is 18.9 Å². The van der Waals surface area contributed by atoms with Crippen LogP contribution in [0, 0.1) is 0 Å².